The summed E-state index contributed by atoms with van der Waals surface area (Å²) in [6, 6.07) is 7.90. The van der Waals surface area contributed by atoms with E-state index in [-0.39, 0.29) is 35.4 Å². The maximum Gasteiger partial charge on any atom is 0.310 e. The van der Waals surface area contributed by atoms with Crippen LogP contribution < -0.4 is 10.3 Å². The summed E-state index contributed by atoms with van der Waals surface area (Å²) < 4.78 is 39.6. The topological polar surface area (TPSA) is 147 Å². The number of H-pyrrole nitrogens is 2. The lowest BCUT2D eigenvalue weighted by Crippen LogP contribution is -2.42. The molecule has 1 aliphatic heterocycles. The maximum absolute atomic E-state index is 13.6. The molecule has 0 radical (unpaired) electrons. The summed E-state index contributed by atoms with van der Waals surface area (Å²) >= 11 is 0. The first-order valence-electron chi connectivity index (χ1n) is 12.6. The van der Waals surface area contributed by atoms with E-state index in [0.717, 1.165) is 6.42 Å². The van der Waals surface area contributed by atoms with Crippen molar-refractivity contribution in [3.63, 3.8) is 0 Å². The molecule has 38 heavy (non-hydrogen) atoms. The number of rotatable bonds is 8. The fraction of sp³-hybridized carbons (Fsp3) is 0.385. The molecule has 2 N–H and O–H groups in total. The molecule has 1 atom stereocenters. The van der Waals surface area contributed by atoms with Gasteiger partial charge in [-0.15, -0.1) is 0 Å². The standard InChI is InChI=1S/C26H29N5O6S/c1-3-10-37-23-8-7-17(38(34,35)31-9-5-6-16(14-31)26(33)36-4-2)11-19(23)24-29-20-13-22-21(27-15-28-22)12-18(20)25(32)30-24/h7-8,11-13,15-16H,3-6,9-10,14H2,1-2H3,(H,27,28)(H,29,30,32). The molecule has 0 aliphatic carbocycles. The van der Waals surface area contributed by atoms with E-state index in [1.54, 1.807) is 25.1 Å². The highest BCUT2D eigenvalue weighted by atomic mass is 32.2. The van der Waals surface area contributed by atoms with Crippen LogP contribution in [0.3, 0.4) is 0 Å². The van der Waals surface area contributed by atoms with Gasteiger partial charge in [-0.1, -0.05) is 6.92 Å². The Morgan fingerprint density at radius 1 is 1.18 bits per heavy atom. The summed E-state index contributed by atoms with van der Waals surface area (Å²) in [7, 11) is -3.95. The minimum atomic E-state index is -3.95. The number of sulfonamides is 1. The smallest absolute Gasteiger partial charge is 0.310 e. The van der Waals surface area contributed by atoms with E-state index in [9.17, 15) is 18.0 Å². The first kappa shape index (κ1) is 25.9. The highest BCUT2D eigenvalue weighted by molar-refractivity contribution is 7.89. The molecule has 1 saturated heterocycles. The second-order valence-electron chi connectivity index (χ2n) is 9.16. The van der Waals surface area contributed by atoms with Crippen LogP contribution >= 0.6 is 0 Å². The molecule has 0 amide bonds. The molecule has 12 heteroatoms. The van der Waals surface area contributed by atoms with Crippen molar-refractivity contribution in [2.24, 2.45) is 5.92 Å². The Hall–Kier alpha value is -3.77. The quantitative estimate of drug-likeness (QED) is 0.324. The van der Waals surface area contributed by atoms with Gasteiger partial charge in [0.2, 0.25) is 10.0 Å². The number of nitrogens with zero attached hydrogens (tertiary/aromatic N) is 3. The number of carbonyl (C=O) groups is 1. The summed E-state index contributed by atoms with van der Waals surface area (Å²) in [5.41, 5.74) is 1.76. The molecule has 3 heterocycles. The zero-order chi connectivity index (χ0) is 26.9. The van der Waals surface area contributed by atoms with Crippen molar-refractivity contribution < 1.29 is 22.7 Å². The second-order valence-corrected chi connectivity index (χ2v) is 11.1. The van der Waals surface area contributed by atoms with Crippen molar-refractivity contribution in [2.75, 3.05) is 26.3 Å². The van der Waals surface area contributed by atoms with Gasteiger partial charge in [0.05, 0.1) is 57.9 Å². The molecule has 0 bridgehead atoms. The predicted octanol–water partition coefficient (Wildman–Crippen LogP) is 3.22. The van der Waals surface area contributed by atoms with Gasteiger partial charge in [0.15, 0.2) is 0 Å². The van der Waals surface area contributed by atoms with E-state index >= 15 is 0 Å². The van der Waals surface area contributed by atoms with Gasteiger partial charge in [-0.3, -0.25) is 9.59 Å². The summed E-state index contributed by atoms with van der Waals surface area (Å²) in [4.78, 5) is 39.9. The van der Waals surface area contributed by atoms with Crippen molar-refractivity contribution in [3.8, 4) is 17.1 Å². The molecule has 1 unspecified atom stereocenters. The third-order valence-electron chi connectivity index (χ3n) is 6.56. The number of aromatic nitrogens is 4. The van der Waals surface area contributed by atoms with Crippen LogP contribution in [0.5, 0.6) is 5.75 Å². The number of hydrogen-bond acceptors (Lipinski definition) is 8. The number of hydrogen-bond donors (Lipinski definition) is 2. The monoisotopic (exact) mass is 539 g/mol. The number of benzene rings is 2. The number of fused-ring (bicyclic) bond motifs is 2. The zero-order valence-electron chi connectivity index (χ0n) is 21.2. The number of imidazole rings is 1. The Kier molecular flexibility index (Phi) is 7.17. The van der Waals surface area contributed by atoms with Crippen LogP contribution in [0.15, 0.2) is 46.3 Å². The van der Waals surface area contributed by atoms with Crippen LogP contribution in [-0.4, -0.2) is 64.9 Å². The SMILES string of the molecule is CCCOc1ccc(S(=O)(=O)N2CCCC(C(=O)OCC)C2)cc1-c1nc2cc3nc[nH]c3cc2c(=O)[nH]1. The summed E-state index contributed by atoms with van der Waals surface area (Å²) in [6.07, 6.45) is 3.40. The third-order valence-corrected chi connectivity index (χ3v) is 8.42. The highest BCUT2D eigenvalue weighted by Crippen LogP contribution is 2.33. The largest absolute Gasteiger partial charge is 0.493 e. The Labute approximate surface area is 219 Å². The average molecular weight is 540 g/mol. The van der Waals surface area contributed by atoms with Gasteiger partial charge >= 0.3 is 5.97 Å². The Morgan fingerprint density at radius 3 is 2.82 bits per heavy atom. The van der Waals surface area contributed by atoms with Crippen molar-refractivity contribution in [1.29, 1.82) is 0 Å². The van der Waals surface area contributed by atoms with Gasteiger partial charge in [0, 0.05) is 13.1 Å². The number of nitrogens with one attached hydrogen (secondary N) is 2. The molecule has 1 fully saturated rings. The molecular formula is C26H29N5O6S. The summed E-state index contributed by atoms with van der Waals surface area (Å²) in [6.45, 7) is 4.68. The lowest BCUT2D eigenvalue weighted by Gasteiger charge is -2.30. The predicted molar refractivity (Wildman–Crippen MR) is 141 cm³/mol. The normalized spacial score (nSPS) is 16.6. The molecular weight excluding hydrogens is 510 g/mol. The molecule has 200 valence electrons. The van der Waals surface area contributed by atoms with Gasteiger partial charge in [-0.25, -0.2) is 18.4 Å². The zero-order valence-corrected chi connectivity index (χ0v) is 22.0. The van der Waals surface area contributed by atoms with E-state index in [0.29, 0.717) is 59.2 Å². The van der Waals surface area contributed by atoms with Crippen LogP contribution in [0.1, 0.15) is 33.1 Å². The van der Waals surface area contributed by atoms with Crippen molar-refractivity contribution in [2.45, 2.75) is 38.0 Å². The average Bonchev–Trinajstić information content (AvgIpc) is 3.38. The number of ether oxygens (including phenoxy) is 2. The fourth-order valence-corrected chi connectivity index (χ4v) is 6.20. The molecule has 0 saturated carbocycles. The van der Waals surface area contributed by atoms with Gasteiger partial charge in [0.1, 0.15) is 11.6 Å². The fourth-order valence-electron chi connectivity index (χ4n) is 4.65. The maximum atomic E-state index is 13.6. The van der Waals surface area contributed by atoms with E-state index in [2.05, 4.69) is 19.9 Å². The molecule has 5 rings (SSSR count). The second kappa shape index (κ2) is 10.5. The Bertz CT molecular complexity index is 1660. The van der Waals surface area contributed by atoms with Crippen LogP contribution in [0.2, 0.25) is 0 Å². The molecule has 0 spiro atoms. The summed E-state index contributed by atoms with van der Waals surface area (Å²) in [5, 5.41) is 0.378. The first-order valence-corrected chi connectivity index (χ1v) is 14.1. The first-order chi connectivity index (χ1) is 18.3. The minimum Gasteiger partial charge on any atom is -0.493 e. The van der Waals surface area contributed by atoms with Crippen LogP contribution in [0, 0.1) is 5.92 Å². The highest BCUT2D eigenvalue weighted by Gasteiger charge is 2.34. The Balaban J connectivity index is 1.57. The van der Waals surface area contributed by atoms with Crippen LogP contribution in [-0.2, 0) is 19.6 Å². The molecule has 4 aromatic rings. The number of esters is 1. The third kappa shape index (κ3) is 4.88. The van der Waals surface area contributed by atoms with Gasteiger partial charge < -0.3 is 19.4 Å². The van der Waals surface area contributed by atoms with Gasteiger partial charge in [0.25, 0.3) is 5.56 Å². The molecule has 1 aliphatic rings. The molecule has 2 aromatic carbocycles. The van der Waals surface area contributed by atoms with E-state index < -0.39 is 15.9 Å². The minimum absolute atomic E-state index is 0.0198. The van der Waals surface area contributed by atoms with Crippen molar-refractivity contribution >= 4 is 37.9 Å². The van der Waals surface area contributed by atoms with Gasteiger partial charge in [-0.05, 0) is 56.5 Å². The van der Waals surface area contributed by atoms with E-state index in [4.69, 9.17) is 9.47 Å². The van der Waals surface area contributed by atoms with Gasteiger partial charge in [-0.2, -0.15) is 4.31 Å². The number of aromatic amines is 2. The van der Waals surface area contributed by atoms with Crippen LogP contribution in [0.25, 0.3) is 33.3 Å². The van der Waals surface area contributed by atoms with Crippen molar-refractivity contribution in [3.05, 3.63) is 47.0 Å². The number of carbonyl (C=O) groups excluding carboxylic acids is 1. The summed E-state index contributed by atoms with van der Waals surface area (Å²) in [5.74, 6) is -0.316. The van der Waals surface area contributed by atoms with Crippen LogP contribution in [0.4, 0.5) is 0 Å². The number of piperidine rings is 1. The van der Waals surface area contributed by atoms with E-state index in [1.165, 1.54) is 22.8 Å². The molecule has 11 nitrogen and oxygen atoms in total. The van der Waals surface area contributed by atoms with E-state index in [1.807, 2.05) is 6.92 Å². The Morgan fingerprint density at radius 2 is 2.03 bits per heavy atom. The van der Waals surface area contributed by atoms with Crippen molar-refractivity contribution in [1.82, 2.24) is 24.2 Å². The molecule has 2 aromatic heterocycles. The lowest BCUT2D eigenvalue weighted by atomic mass is 10.0. The lowest BCUT2D eigenvalue weighted by molar-refractivity contribution is -0.149.